The average molecular weight is 472 g/mol. The van der Waals surface area contributed by atoms with Crippen LogP contribution in [0.25, 0.3) is 27.8 Å². The van der Waals surface area contributed by atoms with E-state index in [0.717, 1.165) is 53.8 Å². The van der Waals surface area contributed by atoms with Crippen molar-refractivity contribution in [3.05, 3.63) is 74.5 Å². The van der Waals surface area contributed by atoms with E-state index in [4.69, 9.17) is 4.99 Å². The van der Waals surface area contributed by atoms with Crippen LogP contribution in [0.15, 0.2) is 45.9 Å². The molecule has 0 spiro atoms. The molecule has 0 amide bonds. The molecule has 0 bridgehead atoms. The van der Waals surface area contributed by atoms with Crippen LogP contribution in [0.3, 0.4) is 0 Å². The Morgan fingerprint density at radius 1 is 1.18 bits per heavy atom. The molecule has 1 aliphatic heterocycles. The highest BCUT2D eigenvalue weighted by atomic mass is 32.1. The fourth-order valence-electron chi connectivity index (χ4n) is 4.38. The quantitative estimate of drug-likeness (QED) is 0.269. The summed E-state index contributed by atoms with van der Waals surface area (Å²) in [6.45, 7) is 5.34. The van der Waals surface area contributed by atoms with Gasteiger partial charge in [-0.1, -0.05) is 19.8 Å². The second-order valence-corrected chi connectivity index (χ2v) is 9.44. The molecule has 1 aliphatic rings. The van der Waals surface area contributed by atoms with Crippen LogP contribution in [-0.2, 0) is 13.1 Å². The molecule has 0 aliphatic carbocycles. The Morgan fingerprint density at radius 2 is 2.09 bits per heavy atom. The van der Waals surface area contributed by atoms with Crippen LogP contribution in [0, 0.1) is 6.92 Å². The molecule has 34 heavy (non-hydrogen) atoms. The fraction of sp³-hybridized carbons (Fsp3) is 0.292. The van der Waals surface area contributed by atoms with Gasteiger partial charge in [0.2, 0.25) is 5.82 Å². The van der Waals surface area contributed by atoms with Crippen molar-refractivity contribution >= 4 is 39.1 Å². The highest BCUT2D eigenvalue weighted by molar-refractivity contribution is 7.17. The van der Waals surface area contributed by atoms with E-state index in [-0.39, 0.29) is 5.56 Å². The summed E-state index contributed by atoms with van der Waals surface area (Å²) in [6.07, 6.45) is 10.8. The van der Waals surface area contributed by atoms with Gasteiger partial charge >= 0.3 is 11.3 Å². The number of aromatic nitrogens is 7. The molecule has 0 radical (unpaired) electrons. The van der Waals surface area contributed by atoms with Crippen LogP contribution in [0.4, 0.5) is 0 Å². The summed E-state index contributed by atoms with van der Waals surface area (Å²) in [6, 6.07) is 4.17. The maximum absolute atomic E-state index is 13.2. The lowest BCUT2D eigenvalue weighted by Crippen LogP contribution is -2.50. The van der Waals surface area contributed by atoms with Gasteiger partial charge in [-0.05, 0) is 34.6 Å². The number of unbranched alkanes of at least 4 members (excludes halogenated alkanes) is 2. The topological polar surface area (TPSA) is 94.2 Å². The first-order chi connectivity index (χ1) is 16.6. The van der Waals surface area contributed by atoms with Crippen molar-refractivity contribution in [2.45, 2.75) is 46.2 Å². The van der Waals surface area contributed by atoms with Crippen molar-refractivity contribution in [1.82, 2.24) is 29.4 Å². The molecule has 0 unspecified atom stereocenters. The monoisotopic (exact) mass is 471 g/mol. The maximum Gasteiger partial charge on any atom is 0.431 e. The van der Waals surface area contributed by atoms with Crippen LogP contribution in [0.5, 0.6) is 0 Å². The molecule has 0 aromatic carbocycles. The standard InChI is InChI=1S/C24H23N8OS/c1-3-4-5-7-31-20-10-19(27-22(20)23(33)32-15(2)28-29-24(31)32)17-12-26-30(14-17)13-16-9-21-18(25-11-16)6-8-34-21/h6,8-12,14H,3-5,7,13H2,1-2H3/q+1. The van der Waals surface area contributed by atoms with Crippen molar-refractivity contribution in [1.29, 1.82) is 0 Å². The normalized spacial score (nSPS) is 12.9. The Morgan fingerprint density at radius 3 is 2.97 bits per heavy atom. The predicted octanol–water partition coefficient (Wildman–Crippen LogP) is 2.58. The van der Waals surface area contributed by atoms with Crippen LogP contribution >= 0.6 is 11.3 Å². The van der Waals surface area contributed by atoms with Crippen molar-refractivity contribution in [2.75, 3.05) is 0 Å². The highest BCUT2D eigenvalue weighted by Gasteiger charge is 2.27. The van der Waals surface area contributed by atoms with Crippen molar-refractivity contribution in [3.63, 3.8) is 0 Å². The molecule has 0 saturated carbocycles. The Bertz CT molecular complexity index is 1690. The summed E-state index contributed by atoms with van der Waals surface area (Å²) < 4.78 is 6.66. The lowest BCUT2D eigenvalue weighted by Gasteiger charge is -2.04. The van der Waals surface area contributed by atoms with E-state index in [1.54, 1.807) is 28.9 Å². The van der Waals surface area contributed by atoms with Gasteiger partial charge in [0.05, 0.1) is 35.2 Å². The van der Waals surface area contributed by atoms with E-state index in [1.165, 1.54) is 4.70 Å². The summed E-state index contributed by atoms with van der Waals surface area (Å²) in [4.78, 5) is 22.4. The average Bonchev–Trinajstić information content (AvgIpc) is 3.62. The second kappa shape index (κ2) is 8.21. The molecule has 10 heteroatoms. The first-order valence-electron chi connectivity index (χ1n) is 11.4. The molecule has 170 valence electrons. The Labute approximate surface area is 198 Å². The first-order valence-corrected chi connectivity index (χ1v) is 12.3. The second-order valence-electron chi connectivity index (χ2n) is 8.50. The summed E-state index contributed by atoms with van der Waals surface area (Å²) in [5.41, 5.74) is 4.30. The van der Waals surface area contributed by atoms with Gasteiger partial charge in [-0.2, -0.15) is 5.10 Å². The van der Waals surface area contributed by atoms with Crippen molar-refractivity contribution in [3.8, 4) is 0 Å². The van der Waals surface area contributed by atoms with E-state index in [9.17, 15) is 4.79 Å². The number of pyridine rings is 1. The first kappa shape index (κ1) is 20.8. The Kier molecular flexibility index (Phi) is 5.02. The van der Waals surface area contributed by atoms with Gasteiger partial charge in [-0.3, -0.25) is 9.67 Å². The molecule has 0 saturated heterocycles. The van der Waals surface area contributed by atoms with Gasteiger partial charge in [-0.25, -0.2) is 14.4 Å². The number of hydrogen-bond acceptors (Lipinski definition) is 7. The highest BCUT2D eigenvalue weighted by Crippen LogP contribution is 2.22. The van der Waals surface area contributed by atoms with Gasteiger partial charge < -0.3 is 0 Å². The predicted molar refractivity (Wildman–Crippen MR) is 129 cm³/mol. The van der Waals surface area contributed by atoms with Crippen molar-refractivity contribution < 1.29 is 4.57 Å². The van der Waals surface area contributed by atoms with Crippen LogP contribution in [0.2, 0.25) is 0 Å². The van der Waals surface area contributed by atoms with Gasteiger partial charge in [0, 0.05) is 36.1 Å². The third-order valence-corrected chi connectivity index (χ3v) is 6.97. The molecular formula is C24H23N8OS+. The zero-order valence-electron chi connectivity index (χ0n) is 19.0. The molecule has 6 rings (SSSR count). The van der Waals surface area contributed by atoms with Crippen LogP contribution in [0.1, 0.15) is 48.8 Å². The SMILES string of the molecule is CCCCC[n+]1c2c(c(=O)n3c(C)nnc31)=NC(c1cnn(Cc3cnc4ccsc4c3)c1)=C2. The Balaban J connectivity index is 1.36. The minimum atomic E-state index is -0.187. The molecule has 5 aromatic heterocycles. The molecule has 5 aromatic rings. The summed E-state index contributed by atoms with van der Waals surface area (Å²) in [5.74, 6) is 1.14. The van der Waals surface area contributed by atoms with E-state index in [1.807, 2.05) is 34.6 Å². The molecule has 0 fully saturated rings. The van der Waals surface area contributed by atoms with E-state index in [0.29, 0.717) is 23.5 Å². The van der Waals surface area contributed by atoms with Crippen LogP contribution in [-0.4, -0.2) is 29.4 Å². The van der Waals surface area contributed by atoms with Crippen molar-refractivity contribution in [2.24, 2.45) is 4.99 Å². The lowest BCUT2D eigenvalue weighted by molar-refractivity contribution is -0.679. The number of rotatable bonds is 7. The fourth-order valence-corrected chi connectivity index (χ4v) is 5.18. The van der Waals surface area contributed by atoms with E-state index < -0.39 is 0 Å². The number of hydrogen-bond donors (Lipinski definition) is 0. The third-order valence-electron chi connectivity index (χ3n) is 6.11. The Hall–Kier alpha value is -3.79. The summed E-state index contributed by atoms with van der Waals surface area (Å²) >= 11 is 1.68. The zero-order chi connectivity index (χ0) is 23.2. The summed E-state index contributed by atoms with van der Waals surface area (Å²) in [7, 11) is 0. The van der Waals surface area contributed by atoms with Gasteiger partial charge in [0.1, 0.15) is 5.69 Å². The lowest BCUT2D eigenvalue weighted by atomic mass is 10.2. The molecule has 0 atom stereocenters. The van der Waals surface area contributed by atoms with E-state index >= 15 is 0 Å². The van der Waals surface area contributed by atoms with Gasteiger partial charge in [0.15, 0.2) is 5.36 Å². The van der Waals surface area contributed by atoms with Gasteiger partial charge in [-0.15, -0.1) is 15.7 Å². The smallest absolute Gasteiger partial charge is 0.268 e. The van der Waals surface area contributed by atoms with Gasteiger partial charge in [0.25, 0.3) is 0 Å². The minimum Gasteiger partial charge on any atom is -0.268 e. The minimum absolute atomic E-state index is 0.187. The summed E-state index contributed by atoms with van der Waals surface area (Å²) in [5, 5.41) is 15.4. The largest absolute Gasteiger partial charge is 0.431 e. The zero-order valence-corrected chi connectivity index (χ0v) is 19.8. The molecule has 0 N–H and O–H groups in total. The molecule has 6 heterocycles. The number of fused-ring (bicyclic) bond motifs is 3. The molecule has 9 nitrogen and oxygen atoms in total. The third kappa shape index (κ3) is 3.41. The van der Waals surface area contributed by atoms with Crippen LogP contribution < -0.4 is 15.5 Å². The molecular weight excluding hydrogens is 448 g/mol. The number of aryl methyl sites for hydroxylation is 2. The maximum atomic E-state index is 13.2. The number of thiophene rings is 1. The number of nitrogens with zero attached hydrogens (tertiary/aromatic N) is 8. The van der Waals surface area contributed by atoms with E-state index in [2.05, 4.69) is 37.8 Å².